The number of aromatic nitrogens is 2. The van der Waals surface area contributed by atoms with Crippen molar-refractivity contribution in [3.8, 4) is 5.75 Å². The summed E-state index contributed by atoms with van der Waals surface area (Å²) in [4.78, 5) is 26.6. The Hall–Kier alpha value is -3.11. The summed E-state index contributed by atoms with van der Waals surface area (Å²) in [5.41, 5.74) is 2.70. The van der Waals surface area contributed by atoms with Gasteiger partial charge < -0.3 is 20.3 Å². The van der Waals surface area contributed by atoms with Gasteiger partial charge in [0.2, 0.25) is 16.9 Å². The van der Waals surface area contributed by atoms with Crippen molar-refractivity contribution < 1.29 is 14.3 Å². The summed E-state index contributed by atoms with van der Waals surface area (Å²) in [6, 6.07) is 15.1. The van der Waals surface area contributed by atoms with E-state index < -0.39 is 5.25 Å². The number of hydrogen-bond acceptors (Lipinski definition) is 8. The van der Waals surface area contributed by atoms with Crippen LogP contribution in [0.2, 0.25) is 0 Å². The number of carbonyl (C=O) groups excluding carboxylic acids is 2. The van der Waals surface area contributed by atoms with E-state index in [0.717, 1.165) is 29.1 Å². The molecule has 1 aromatic heterocycles. The Bertz CT molecular complexity index is 1090. The molecule has 0 saturated carbocycles. The largest absolute Gasteiger partial charge is 0.497 e. The van der Waals surface area contributed by atoms with Crippen molar-refractivity contribution in [1.29, 1.82) is 0 Å². The molecule has 0 radical (unpaired) electrons. The Morgan fingerprint density at radius 1 is 1.15 bits per heavy atom. The van der Waals surface area contributed by atoms with Crippen LogP contribution in [-0.2, 0) is 16.0 Å². The standard InChI is InChI=1S/C23H27N5O3S2/c1-5-16-8-6-7-9-19(16)25-20(29)14-28(3)21(30)15(2)32-23-27-26-22(33-23)24-17-10-12-18(31-4)13-11-17/h6-13,15H,5,14H2,1-4H3,(H,24,26)(H,25,29). The number of hydrogen-bond donors (Lipinski definition) is 2. The fourth-order valence-corrected chi connectivity index (χ4v) is 5.08. The second kappa shape index (κ2) is 11.7. The third kappa shape index (κ3) is 6.93. The molecule has 0 aliphatic carbocycles. The number of nitrogens with one attached hydrogen (secondary N) is 2. The molecule has 0 fully saturated rings. The quantitative estimate of drug-likeness (QED) is 0.410. The minimum Gasteiger partial charge on any atom is -0.497 e. The summed E-state index contributed by atoms with van der Waals surface area (Å²) in [7, 11) is 3.25. The minimum absolute atomic E-state index is 0.0256. The molecule has 1 atom stereocenters. The molecule has 0 saturated heterocycles. The number of nitrogens with zero attached hydrogens (tertiary/aromatic N) is 3. The molecule has 33 heavy (non-hydrogen) atoms. The van der Waals surface area contributed by atoms with Crippen molar-refractivity contribution in [2.24, 2.45) is 0 Å². The highest BCUT2D eigenvalue weighted by Gasteiger charge is 2.22. The summed E-state index contributed by atoms with van der Waals surface area (Å²) in [6.07, 6.45) is 0.816. The lowest BCUT2D eigenvalue weighted by Crippen LogP contribution is -2.39. The Labute approximate surface area is 201 Å². The minimum atomic E-state index is -0.410. The predicted octanol–water partition coefficient (Wildman–Crippen LogP) is 4.43. The van der Waals surface area contributed by atoms with E-state index >= 15 is 0 Å². The summed E-state index contributed by atoms with van der Waals surface area (Å²) in [5.74, 6) is 0.387. The molecular weight excluding hydrogens is 458 g/mol. The van der Waals surface area contributed by atoms with Gasteiger partial charge in [-0.15, -0.1) is 10.2 Å². The zero-order chi connectivity index (χ0) is 23.8. The molecule has 0 bridgehead atoms. The van der Waals surface area contributed by atoms with Crippen molar-refractivity contribution in [2.75, 3.05) is 31.3 Å². The fourth-order valence-electron chi connectivity index (χ4n) is 3.05. The lowest BCUT2D eigenvalue weighted by molar-refractivity contribution is -0.132. The number of methoxy groups -OCH3 is 1. The van der Waals surface area contributed by atoms with E-state index in [1.165, 1.54) is 28.0 Å². The summed E-state index contributed by atoms with van der Waals surface area (Å²) >= 11 is 2.68. The van der Waals surface area contributed by atoms with Gasteiger partial charge in [0.1, 0.15) is 5.75 Å². The van der Waals surface area contributed by atoms with Crippen molar-refractivity contribution in [3.05, 3.63) is 54.1 Å². The maximum atomic E-state index is 12.8. The van der Waals surface area contributed by atoms with Gasteiger partial charge in [0.15, 0.2) is 4.34 Å². The molecule has 0 aliphatic heterocycles. The molecule has 2 N–H and O–H groups in total. The second-order valence-electron chi connectivity index (χ2n) is 7.24. The predicted molar refractivity (Wildman–Crippen MR) is 134 cm³/mol. The van der Waals surface area contributed by atoms with E-state index in [2.05, 4.69) is 20.8 Å². The maximum absolute atomic E-state index is 12.8. The third-order valence-electron chi connectivity index (χ3n) is 4.80. The number of amides is 2. The number of benzene rings is 2. The molecule has 0 aliphatic rings. The van der Waals surface area contributed by atoms with Crippen molar-refractivity contribution >= 4 is 51.4 Å². The van der Waals surface area contributed by atoms with E-state index in [-0.39, 0.29) is 18.4 Å². The Morgan fingerprint density at radius 2 is 1.88 bits per heavy atom. The number of rotatable bonds is 10. The average Bonchev–Trinajstić information content (AvgIpc) is 3.25. The number of carbonyl (C=O) groups is 2. The normalized spacial score (nSPS) is 11.5. The van der Waals surface area contributed by atoms with Gasteiger partial charge in [-0.1, -0.05) is 48.2 Å². The molecule has 2 aromatic carbocycles. The van der Waals surface area contributed by atoms with Gasteiger partial charge in [0.05, 0.1) is 18.9 Å². The highest BCUT2D eigenvalue weighted by atomic mass is 32.2. The third-order valence-corrected chi connectivity index (χ3v) is 6.81. The van der Waals surface area contributed by atoms with Crippen LogP contribution >= 0.6 is 23.1 Å². The van der Waals surface area contributed by atoms with Crippen LogP contribution in [0, 0.1) is 0 Å². The zero-order valence-electron chi connectivity index (χ0n) is 19.0. The highest BCUT2D eigenvalue weighted by molar-refractivity contribution is 8.02. The van der Waals surface area contributed by atoms with Gasteiger partial charge in [0.25, 0.3) is 0 Å². The monoisotopic (exact) mass is 485 g/mol. The molecule has 3 rings (SSSR count). The lowest BCUT2D eigenvalue weighted by atomic mass is 10.1. The first kappa shape index (κ1) is 24.5. The average molecular weight is 486 g/mol. The Morgan fingerprint density at radius 3 is 2.58 bits per heavy atom. The van der Waals surface area contributed by atoms with Crippen molar-refractivity contribution in [2.45, 2.75) is 29.9 Å². The van der Waals surface area contributed by atoms with Crippen LogP contribution in [0.15, 0.2) is 52.9 Å². The van der Waals surface area contributed by atoms with E-state index in [1.54, 1.807) is 21.1 Å². The Balaban J connectivity index is 1.51. The van der Waals surface area contributed by atoms with Gasteiger partial charge >= 0.3 is 0 Å². The zero-order valence-corrected chi connectivity index (χ0v) is 20.6. The van der Waals surface area contributed by atoms with Crippen LogP contribution in [-0.4, -0.2) is 52.9 Å². The topological polar surface area (TPSA) is 96.5 Å². The summed E-state index contributed by atoms with van der Waals surface area (Å²) in [6.45, 7) is 3.80. The molecular formula is C23H27N5O3S2. The van der Waals surface area contributed by atoms with E-state index in [1.807, 2.05) is 55.5 Å². The molecule has 1 heterocycles. The van der Waals surface area contributed by atoms with Crippen molar-refractivity contribution in [3.63, 3.8) is 0 Å². The first-order valence-corrected chi connectivity index (χ1v) is 12.1. The first-order valence-electron chi connectivity index (χ1n) is 10.4. The highest BCUT2D eigenvalue weighted by Crippen LogP contribution is 2.31. The fraction of sp³-hybridized carbons (Fsp3) is 0.304. The number of ether oxygens (including phenoxy) is 1. The number of likely N-dealkylation sites (N-methyl/N-ethyl adjacent to an activating group) is 1. The van der Waals surface area contributed by atoms with Crippen LogP contribution in [0.1, 0.15) is 19.4 Å². The lowest BCUT2D eigenvalue weighted by Gasteiger charge is -2.20. The smallest absolute Gasteiger partial charge is 0.243 e. The van der Waals surface area contributed by atoms with Crippen LogP contribution < -0.4 is 15.4 Å². The molecule has 8 nitrogen and oxygen atoms in total. The molecule has 3 aromatic rings. The van der Waals surface area contributed by atoms with Crippen LogP contribution in [0.4, 0.5) is 16.5 Å². The first-order chi connectivity index (χ1) is 15.9. The molecule has 2 amide bonds. The number of para-hydroxylation sites is 1. The number of thioether (sulfide) groups is 1. The Kier molecular flexibility index (Phi) is 8.67. The van der Waals surface area contributed by atoms with Crippen LogP contribution in [0.3, 0.4) is 0 Å². The summed E-state index contributed by atoms with van der Waals surface area (Å²) < 4.78 is 5.82. The molecule has 1 unspecified atom stereocenters. The molecule has 10 heteroatoms. The maximum Gasteiger partial charge on any atom is 0.243 e. The van der Waals surface area contributed by atoms with Gasteiger partial charge in [-0.2, -0.15) is 0 Å². The van der Waals surface area contributed by atoms with Crippen LogP contribution in [0.5, 0.6) is 5.75 Å². The van der Waals surface area contributed by atoms with E-state index in [9.17, 15) is 9.59 Å². The van der Waals surface area contributed by atoms with E-state index in [0.29, 0.717) is 9.47 Å². The molecule has 174 valence electrons. The number of anilines is 3. The summed E-state index contributed by atoms with van der Waals surface area (Å²) in [5, 5.41) is 14.6. The van der Waals surface area contributed by atoms with Gasteiger partial charge in [0, 0.05) is 18.4 Å². The van der Waals surface area contributed by atoms with Gasteiger partial charge in [-0.25, -0.2) is 0 Å². The van der Waals surface area contributed by atoms with Crippen LogP contribution in [0.25, 0.3) is 0 Å². The van der Waals surface area contributed by atoms with E-state index in [4.69, 9.17) is 4.74 Å². The van der Waals surface area contributed by atoms with Gasteiger partial charge in [-0.3, -0.25) is 9.59 Å². The van der Waals surface area contributed by atoms with Gasteiger partial charge in [-0.05, 0) is 49.2 Å². The second-order valence-corrected chi connectivity index (χ2v) is 9.81. The number of aryl methyl sites for hydroxylation is 1. The van der Waals surface area contributed by atoms with Crippen molar-refractivity contribution in [1.82, 2.24) is 15.1 Å². The molecule has 0 spiro atoms. The SMILES string of the molecule is CCc1ccccc1NC(=O)CN(C)C(=O)C(C)Sc1nnc(Nc2ccc(OC)cc2)s1.